The smallest absolute Gasteiger partial charge is 0.287 e. The number of carbonyl (C=O) groups excluding carboxylic acids is 2. The standard InChI is InChI=1S/C21H27N3O2/c1-4-22-19(25)15-24(5-2)20(17-9-7-6-8-10-17)21(26)23-18-13-11-16(3)12-14-18/h6-14,20H,4-5,15H2,1-3H3,(H,22,25)(H,23,26)/p+1/t20-/m0/s1. The molecule has 0 saturated carbocycles. The Hall–Kier alpha value is -2.66. The van der Waals surface area contributed by atoms with Crippen molar-refractivity contribution in [2.75, 3.05) is 25.0 Å². The predicted molar refractivity (Wildman–Crippen MR) is 104 cm³/mol. The third-order valence-corrected chi connectivity index (χ3v) is 4.34. The van der Waals surface area contributed by atoms with Crippen LogP contribution in [0.15, 0.2) is 54.6 Å². The second kappa shape index (κ2) is 9.73. The molecule has 0 spiro atoms. The summed E-state index contributed by atoms with van der Waals surface area (Å²) >= 11 is 0. The molecule has 0 bridgehead atoms. The molecule has 2 aromatic rings. The van der Waals surface area contributed by atoms with Gasteiger partial charge in [-0.05, 0) is 32.9 Å². The topological polar surface area (TPSA) is 62.6 Å². The largest absolute Gasteiger partial charge is 0.351 e. The van der Waals surface area contributed by atoms with Gasteiger partial charge in [-0.25, -0.2) is 0 Å². The van der Waals surface area contributed by atoms with E-state index in [2.05, 4.69) is 10.6 Å². The van der Waals surface area contributed by atoms with Crippen molar-refractivity contribution in [1.82, 2.24) is 5.32 Å². The maximum Gasteiger partial charge on any atom is 0.287 e. The van der Waals surface area contributed by atoms with Crippen LogP contribution in [0.25, 0.3) is 0 Å². The normalized spacial score (nSPS) is 12.9. The van der Waals surface area contributed by atoms with E-state index in [1.165, 1.54) is 0 Å². The highest BCUT2D eigenvalue weighted by Crippen LogP contribution is 2.14. The Balaban J connectivity index is 2.26. The summed E-state index contributed by atoms with van der Waals surface area (Å²) < 4.78 is 0. The molecule has 0 radical (unpaired) electrons. The van der Waals surface area contributed by atoms with Gasteiger partial charge in [-0.2, -0.15) is 0 Å². The molecule has 2 atom stereocenters. The molecule has 0 aromatic heterocycles. The molecular weight excluding hydrogens is 326 g/mol. The maximum absolute atomic E-state index is 13.1. The number of rotatable bonds is 8. The highest BCUT2D eigenvalue weighted by molar-refractivity contribution is 5.94. The summed E-state index contributed by atoms with van der Waals surface area (Å²) in [7, 11) is 0. The minimum atomic E-state index is -0.454. The molecule has 0 saturated heterocycles. The minimum Gasteiger partial charge on any atom is -0.351 e. The van der Waals surface area contributed by atoms with Crippen molar-refractivity contribution < 1.29 is 14.5 Å². The molecule has 5 nitrogen and oxygen atoms in total. The van der Waals surface area contributed by atoms with Crippen molar-refractivity contribution in [1.29, 1.82) is 0 Å². The first-order valence-electron chi connectivity index (χ1n) is 9.08. The molecule has 2 amide bonds. The number of benzene rings is 2. The van der Waals surface area contributed by atoms with Gasteiger partial charge in [0.15, 0.2) is 12.6 Å². The molecule has 1 unspecified atom stereocenters. The Morgan fingerprint density at radius 1 is 1.00 bits per heavy atom. The lowest BCUT2D eigenvalue weighted by Gasteiger charge is -2.26. The molecule has 0 aliphatic rings. The molecule has 3 N–H and O–H groups in total. The van der Waals surface area contributed by atoms with Crippen LogP contribution in [0.4, 0.5) is 5.69 Å². The second-order valence-electron chi connectivity index (χ2n) is 6.34. The van der Waals surface area contributed by atoms with Gasteiger partial charge in [-0.15, -0.1) is 0 Å². The van der Waals surface area contributed by atoms with Crippen LogP contribution in [0, 0.1) is 6.92 Å². The van der Waals surface area contributed by atoms with Crippen LogP contribution < -0.4 is 15.5 Å². The van der Waals surface area contributed by atoms with Crippen LogP contribution in [0.2, 0.25) is 0 Å². The Bertz CT molecular complexity index is 714. The molecular formula is C21H28N3O2+. The van der Waals surface area contributed by atoms with Crippen molar-refractivity contribution in [3.8, 4) is 0 Å². The van der Waals surface area contributed by atoms with E-state index in [4.69, 9.17) is 0 Å². The van der Waals surface area contributed by atoms with Crippen LogP contribution in [-0.4, -0.2) is 31.4 Å². The van der Waals surface area contributed by atoms with Gasteiger partial charge < -0.3 is 15.5 Å². The van der Waals surface area contributed by atoms with Crippen molar-refractivity contribution in [2.45, 2.75) is 26.8 Å². The summed E-state index contributed by atoms with van der Waals surface area (Å²) in [5, 5.41) is 5.82. The van der Waals surface area contributed by atoms with Gasteiger partial charge in [-0.1, -0.05) is 48.0 Å². The number of anilines is 1. The van der Waals surface area contributed by atoms with Crippen LogP contribution in [0.1, 0.15) is 31.0 Å². The zero-order chi connectivity index (χ0) is 18.9. The van der Waals surface area contributed by atoms with Crippen LogP contribution >= 0.6 is 0 Å². The van der Waals surface area contributed by atoms with E-state index in [-0.39, 0.29) is 18.4 Å². The Morgan fingerprint density at radius 3 is 2.23 bits per heavy atom. The summed E-state index contributed by atoms with van der Waals surface area (Å²) in [6.45, 7) is 7.39. The quantitative estimate of drug-likeness (QED) is 0.676. The highest BCUT2D eigenvalue weighted by atomic mass is 16.2. The third-order valence-electron chi connectivity index (χ3n) is 4.34. The van der Waals surface area contributed by atoms with Gasteiger partial charge in [0.25, 0.3) is 11.8 Å². The molecule has 138 valence electrons. The maximum atomic E-state index is 13.1. The van der Waals surface area contributed by atoms with E-state index in [1.807, 2.05) is 75.4 Å². The fourth-order valence-electron chi connectivity index (χ4n) is 2.97. The van der Waals surface area contributed by atoms with Crippen molar-refractivity contribution in [3.05, 3.63) is 65.7 Å². The summed E-state index contributed by atoms with van der Waals surface area (Å²) in [5.41, 5.74) is 2.80. The lowest BCUT2D eigenvalue weighted by molar-refractivity contribution is -0.912. The first kappa shape index (κ1) is 19.7. The van der Waals surface area contributed by atoms with Crippen molar-refractivity contribution in [2.24, 2.45) is 0 Å². The van der Waals surface area contributed by atoms with Gasteiger partial charge in [0.05, 0.1) is 6.54 Å². The lowest BCUT2D eigenvalue weighted by atomic mass is 10.0. The van der Waals surface area contributed by atoms with E-state index >= 15 is 0 Å². The fourth-order valence-corrected chi connectivity index (χ4v) is 2.97. The molecule has 2 rings (SSSR count). The van der Waals surface area contributed by atoms with Crippen LogP contribution in [-0.2, 0) is 9.59 Å². The predicted octanol–water partition coefficient (Wildman–Crippen LogP) is 1.72. The summed E-state index contributed by atoms with van der Waals surface area (Å²) in [5.74, 6) is -0.158. The monoisotopic (exact) mass is 354 g/mol. The zero-order valence-corrected chi connectivity index (χ0v) is 15.7. The number of amides is 2. The molecule has 2 aromatic carbocycles. The number of quaternary nitrogens is 1. The van der Waals surface area contributed by atoms with Crippen LogP contribution in [0.5, 0.6) is 0 Å². The Morgan fingerprint density at radius 2 is 1.65 bits per heavy atom. The van der Waals surface area contributed by atoms with E-state index in [9.17, 15) is 9.59 Å². The summed E-state index contributed by atoms with van der Waals surface area (Å²) in [4.78, 5) is 26.1. The zero-order valence-electron chi connectivity index (χ0n) is 15.7. The molecule has 5 heteroatoms. The fraction of sp³-hybridized carbons (Fsp3) is 0.333. The number of nitrogens with one attached hydrogen (secondary N) is 3. The number of likely N-dealkylation sites (N-methyl/N-ethyl adjacent to an activating group) is 2. The van der Waals surface area contributed by atoms with Crippen molar-refractivity contribution in [3.63, 3.8) is 0 Å². The van der Waals surface area contributed by atoms with Gasteiger partial charge in [0.1, 0.15) is 0 Å². The first-order chi connectivity index (χ1) is 12.5. The molecule has 0 aliphatic heterocycles. The Labute approximate surface area is 155 Å². The molecule has 0 heterocycles. The van der Waals surface area contributed by atoms with Gasteiger partial charge >= 0.3 is 0 Å². The van der Waals surface area contributed by atoms with Gasteiger partial charge in [-0.3, -0.25) is 9.59 Å². The van der Waals surface area contributed by atoms with Gasteiger partial charge in [0, 0.05) is 17.8 Å². The highest BCUT2D eigenvalue weighted by Gasteiger charge is 2.32. The molecule has 0 aliphatic carbocycles. The Kier molecular flexibility index (Phi) is 7.36. The lowest BCUT2D eigenvalue weighted by Crippen LogP contribution is -3.14. The number of carbonyl (C=O) groups is 2. The average Bonchev–Trinajstić information content (AvgIpc) is 2.64. The molecule has 26 heavy (non-hydrogen) atoms. The van der Waals surface area contributed by atoms with Crippen molar-refractivity contribution >= 4 is 17.5 Å². The minimum absolute atomic E-state index is 0.0478. The SMILES string of the molecule is CCNC(=O)C[NH+](CC)[C@H](C(=O)Nc1ccc(C)cc1)c1ccccc1. The molecule has 0 fully saturated rings. The van der Waals surface area contributed by atoms with E-state index in [0.717, 1.165) is 21.7 Å². The number of aryl methyl sites for hydroxylation is 1. The van der Waals surface area contributed by atoms with Crippen LogP contribution in [0.3, 0.4) is 0 Å². The second-order valence-corrected chi connectivity index (χ2v) is 6.34. The van der Waals surface area contributed by atoms with E-state index < -0.39 is 6.04 Å². The number of hydrogen-bond acceptors (Lipinski definition) is 2. The third kappa shape index (κ3) is 5.43. The summed E-state index contributed by atoms with van der Waals surface area (Å²) in [6.07, 6.45) is 0. The summed E-state index contributed by atoms with van der Waals surface area (Å²) in [6, 6.07) is 16.9. The van der Waals surface area contributed by atoms with E-state index in [1.54, 1.807) is 0 Å². The van der Waals surface area contributed by atoms with Gasteiger partial charge in [0.2, 0.25) is 0 Å². The number of hydrogen-bond donors (Lipinski definition) is 3. The van der Waals surface area contributed by atoms with E-state index in [0.29, 0.717) is 13.1 Å². The first-order valence-corrected chi connectivity index (χ1v) is 9.08. The average molecular weight is 354 g/mol.